The molecule has 5 N–H and O–H groups in total. The first kappa shape index (κ1) is 24.0. The molecule has 33 heavy (non-hydrogen) atoms. The molecule has 8 nitrogen and oxygen atoms in total. The van der Waals surface area contributed by atoms with Gasteiger partial charge in [-0.1, -0.05) is 30.3 Å². The van der Waals surface area contributed by atoms with E-state index in [2.05, 4.69) is 15.6 Å². The van der Waals surface area contributed by atoms with Gasteiger partial charge in [0.15, 0.2) is 6.54 Å². The number of halogens is 2. The molecule has 0 aliphatic rings. The van der Waals surface area contributed by atoms with Gasteiger partial charge in [-0.05, 0) is 29.3 Å². The lowest BCUT2D eigenvalue weighted by molar-refractivity contribution is -0.600. The Morgan fingerprint density at radius 3 is 2.55 bits per heavy atom. The molecule has 0 bridgehead atoms. The molecule has 2 aromatic heterocycles. The number of nitrogens with zero attached hydrogens (tertiary/aromatic N) is 3. The minimum Gasteiger partial charge on any atom is -0.710 e. The molecule has 1 aromatic carbocycles. The van der Waals surface area contributed by atoms with E-state index in [1.54, 1.807) is 0 Å². The molecule has 1 atom stereocenters. The number of alkyl halides is 2. The second kappa shape index (κ2) is 10.8. The van der Waals surface area contributed by atoms with Crippen LogP contribution in [0.4, 0.5) is 14.6 Å². The molecular weight excluding hydrogens is 430 g/mol. The second-order valence-electron chi connectivity index (χ2n) is 7.33. The normalized spacial score (nSPS) is 12.2. The van der Waals surface area contributed by atoms with E-state index in [4.69, 9.17) is 5.73 Å². The summed E-state index contributed by atoms with van der Waals surface area (Å²) in [6, 6.07) is 16.1. The third-order valence-electron chi connectivity index (χ3n) is 5.09. The quantitative estimate of drug-likeness (QED) is 0.209. The predicted octanol–water partition coefficient (Wildman–Crippen LogP) is 1.90. The molecule has 2 heterocycles. The van der Waals surface area contributed by atoms with Gasteiger partial charge in [0.05, 0.1) is 12.0 Å². The monoisotopic (exact) mass is 454 g/mol. The van der Waals surface area contributed by atoms with Crippen molar-refractivity contribution in [2.75, 3.05) is 11.9 Å². The fourth-order valence-corrected chi connectivity index (χ4v) is 3.29. The van der Waals surface area contributed by atoms with Crippen molar-refractivity contribution < 1.29 is 18.6 Å². The molecule has 0 fully saturated rings. The van der Waals surface area contributed by atoms with Crippen molar-refractivity contribution in [3.05, 3.63) is 94.1 Å². The van der Waals surface area contributed by atoms with Gasteiger partial charge in [0.1, 0.15) is 23.7 Å². The van der Waals surface area contributed by atoms with Crippen LogP contribution in [0.3, 0.4) is 0 Å². The van der Waals surface area contributed by atoms with E-state index in [9.17, 15) is 24.4 Å². The van der Waals surface area contributed by atoms with Crippen LogP contribution in [-0.4, -0.2) is 22.9 Å². The highest BCUT2D eigenvalue weighted by molar-refractivity contribution is 5.39. The summed E-state index contributed by atoms with van der Waals surface area (Å²) in [6.45, 7) is -0.234. The van der Waals surface area contributed by atoms with E-state index in [-0.39, 0.29) is 23.5 Å². The molecule has 0 saturated heterocycles. The van der Waals surface area contributed by atoms with Crippen molar-refractivity contribution in [3.63, 3.8) is 0 Å². The van der Waals surface area contributed by atoms with Crippen molar-refractivity contribution in [2.45, 2.75) is 31.7 Å². The minimum absolute atomic E-state index is 0.0373. The summed E-state index contributed by atoms with van der Waals surface area (Å²) < 4.78 is 29.2. The first-order chi connectivity index (χ1) is 15.9. The maximum atomic E-state index is 14.4. The Hall–Kier alpha value is -3.65. The molecule has 0 saturated carbocycles. The lowest BCUT2D eigenvalue weighted by Crippen LogP contribution is -2.42. The maximum absolute atomic E-state index is 14.4. The summed E-state index contributed by atoms with van der Waals surface area (Å²) in [5, 5.41) is 37.9. The summed E-state index contributed by atoms with van der Waals surface area (Å²) in [6.07, 6.45) is -0.103. The lowest BCUT2D eigenvalue weighted by Gasteiger charge is -2.20. The predicted molar refractivity (Wildman–Crippen MR) is 118 cm³/mol. The Labute approximate surface area is 189 Å². The van der Waals surface area contributed by atoms with Crippen LogP contribution >= 0.6 is 0 Å². The van der Waals surface area contributed by atoms with E-state index < -0.39 is 24.4 Å². The molecule has 1 unspecified atom stereocenters. The van der Waals surface area contributed by atoms with Crippen LogP contribution in [-0.2, 0) is 25.4 Å². The van der Waals surface area contributed by atoms with E-state index in [1.165, 1.54) is 36.5 Å². The zero-order chi connectivity index (χ0) is 23.8. The number of nitrogens with one attached hydrogen (secondary N) is 2. The molecule has 172 valence electrons. The van der Waals surface area contributed by atoms with Crippen LogP contribution in [0.2, 0.25) is 0 Å². The minimum atomic E-state index is -3.32. The Balaban J connectivity index is 1.71. The van der Waals surface area contributed by atoms with Crippen molar-refractivity contribution in [1.82, 2.24) is 10.3 Å². The smallest absolute Gasteiger partial charge is 0.325 e. The largest absolute Gasteiger partial charge is 0.710 e. The van der Waals surface area contributed by atoms with Crippen molar-refractivity contribution in [2.24, 2.45) is 5.73 Å². The van der Waals surface area contributed by atoms with Crippen molar-refractivity contribution in [3.8, 4) is 6.07 Å². The number of rotatable bonds is 10. The summed E-state index contributed by atoms with van der Waals surface area (Å²) in [7, 11) is 0. The van der Waals surface area contributed by atoms with Crippen LogP contribution in [0.25, 0.3) is 0 Å². The van der Waals surface area contributed by atoms with E-state index in [0.29, 0.717) is 17.8 Å². The summed E-state index contributed by atoms with van der Waals surface area (Å²) in [4.78, 5) is 3.66. The van der Waals surface area contributed by atoms with Gasteiger partial charge in [0, 0.05) is 25.4 Å². The highest BCUT2D eigenvalue weighted by Gasteiger charge is 2.35. The maximum Gasteiger partial charge on any atom is 0.325 e. The van der Waals surface area contributed by atoms with Gasteiger partial charge in [0.25, 0.3) is 5.82 Å². The Morgan fingerprint density at radius 1 is 1.15 bits per heavy atom. The summed E-state index contributed by atoms with van der Waals surface area (Å²) in [5.74, 6) is -3.49. The fraction of sp³-hybridized carbons (Fsp3) is 0.261. The molecule has 10 heteroatoms. The summed E-state index contributed by atoms with van der Waals surface area (Å²) >= 11 is 0. The first-order valence-electron chi connectivity index (χ1n) is 10.2. The van der Waals surface area contributed by atoms with Crippen LogP contribution in [0.15, 0.2) is 60.8 Å². The zero-order valence-corrected chi connectivity index (χ0v) is 17.7. The third-order valence-corrected chi connectivity index (χ3v) is 5.09. The van der Waals surface area contributed by atoms with Gasteiger partial charge in [-0.25, -0.2) is 4.73 Å². The lowest BCUT2D eigenvalue weighted by atomic mass is 10.1. The number of hydrogen-bond acceptors (Lipinski definition) is 7. The number of hydrogen-bond donors (Lipinski definition) is 4. The van der Waals surface area contributed by atoms with Gasteiger partial charge >= 0.3 is 5.92 Å². The number of aliphatic hydroxyl groups is 1. The average molecular weight is 454 g/mol. The second-order valence-corrected chi connectivity index (χ2v) is 7.33. The molecule has 0 aliphatic heterocycles. The average Bonchev–Trinajstić information content (AvgIpc) is 2.84. The van der Waals surface area contributed by atoms with Gasteiger partial charge in [-0.2, -0.15) is 14.0 Å². The van der Waals surface area contributed by atoms with Crippen LogP contribution < -0.4 is 21.1 Å². The fourth-order valence-electron chi connectivity index (χ4n) is 3.29. The SMILES string of the molecule is N#Cc1ccc(NCC(F)(F)c2ccccn2)[n+]([O-])c1CC(O)NCc1ccccc1CN. The van der Waals surface area contributed by atoms with E-state index in [0.717, 1.165) is 11.1 Å². The van der Waals surface area contributed by atoms with E-state index in [1.807, 2.05) is 30.3 Å². The molecular formula is C23H24F2N6O2. The Bertz CT molecular complexity index is 1120. The Morgan fingerprint density at radius 2 is 1.88 bits per heavy atom. The van der Waals surface area contributed by atoms with Crippen molar-refractivity contribution >= 4 is 5.82 Å². The number of pyridine rings is 2. The summed E-state index contributed by atoms with van der Waals surface area (Å²) in [5.41, 5.74) is 7.08. The third kappa shape index (κ3) is 5.98. The standard InChI is InChI=1S/C23H24F2N6O2/c24-23(25,20-7-3-4-10-28-20)15-30-21-9-8-17(13-27)19(31(21)33)11-22(32)29-14-18-6-2-1-5-16(18)12-26/h1-10,22,29-30,32H,11-12,14-15,26H2. The van der Waals surface area contributed by atoms with E-state index >= 15 is 0 Å². The van der Waals surface area contributed by atoms with Crippen LogP contribution in [0.5, 0.6) is 0 Å². The van der Waals surface area contributed by atoms with Gasteiger partial charge in [0.2, 0.25) is 0 Å². The zero-order valence-electron chi connectivity index (χ0n) is 17.7. The van der Waals surface area contributed by atoms with Gasteiger partial charge in [-0.15, -0.1) is 0 Å². The van der Waals surface area contributed by atoms with Crippen LogP contribution in [0, 0.1) is 16.5 Å². The first-order valence-corrected chi connectivity index (χ1v) is 10.2. The van der Waals surface area contributed by atoms with Gasteiger partial charge in [-0.3, -0.25) is 15.6 Å². The molecule has 3 aromatic rings. The highest BCUT2D eigenvalue weighted by Crippen LogP contribution is 2.26. The number of nitriles is 1. The van der Waals surface area contributed by atoms with Crippen LogP contribution in [0.1, 0.15) is 28.1 Å². The molecule has 0 aliphatic carbocycles. The number of aromatic nitrogens is 2. The topological polar surface area (TPSA) is 134 Å². The number of anilines is 1. The number of nitrogens with two attached hydrogens (primary N) is 1. The number of aliphatic hydroxyl groups excluding tert-OH is 1. The highest BCUT2D eigenvalue weighted by atomic mass is 19.3. The number of benzene rings is 1. The molecule has 0 radical (unpaired) electrons. The molecule has 0 amide bonds. The molecule has 3 rings (SSSR count). The molecule has 0 spiro atoms. The van der Waals surface area contributed by atoms with Gasteiger partial charge < -0.3 is 16.0 Å². The Kier molecular flexibility index (Phi) is 7.84. The van der Waals surface area contributed by atoms with Crippen molar-refractivity contribution in [1.29, 1.82) is 5.26 Å².